The van der Waals surface area contributed by atoms with Crippen molar-refractivity contribution >= 4 is 23.6 Å². The molecule has 0 saturated heterocycles. The molecule has 0 spiro atoms. The van der Waals surface area contributed by atoms with E-state index in [9.17, 15) is 9.59 Å². The van der Waals surface area contributed by atoms with E-state index in [-0.39, 0.29) is 25.9 Å². The van der Waals surface area contributed by atoms with E-state index in [1.54, 1.807) is 51.2 Å². The molecule has 1 atom stereocenters. The van der Waals surface area contributed by atoms with Crippen molar-refractivity contribution in [1.29, 1.82) is 0 Å². The Labute approximate surface area is 198 Å². The fourth-order valence-corrected chi connectivity index (χ4v) is 3.60. The molecule has 1 heterocycles. The average molecular weight is 475 g/mol. The summed E-state index contributed by atoms with van der Waals surface area (Å²) in [5, 5.41) is 3.38. The van der Waals surface area contributed by atoms with Gasteiger partial charge in [0.1, 0.15) is 19.0 Å². The molecule has 0 radical (unpaired) electrons. The summed E-state index contributed by atoms with van der Waals surface area (Å²) in [7, 11) is 3.12. The minimum absolute atomic E-state index is 0.229. The monoisotopic (exact) mass is 474 g/mol. The molecule has 0 saturated carbocycles. The third-order valence-corrected chi connectivity index (χ3v) is 5.52. The van der Waals surface area contributed by atoms with Gasteiger partial charge in [0.2, 0.25) is 0 Å². The number of nitrogens with one attached hydrogen (secondary N) is 1. The van der Waals surface area contributed by atoms with Crippen molar-refractivity contribution in [3.8, 4) is 17.2 Å². The smallest absolute Gasteiger partial charge is 0.338 e. The Morgan fingerprint density at radius 3 is 2.45 bits per heavy atom. The number of para-hydroxylation sites is 1. The molecule has 9 heteroatoms. The number of esters is 1. The summed E-state index contributed by atoms with van der Waals surface area (Å²) in [6.45, 7) is 4.23. The van der Waals surface area contributed by atoms with Gasteiger partial charge in [-0.3, -0.25) is 0 Å². The van der Waals surface area contributed by atoms with Gasteiger partial charge in [-0.25, -0.2) is 9.59 Å². The minimum atomic E-state index is -0.681. The van der Waals surface area contributed by atoms with Crippen LogP contribution in [0.3, 0.4) is 0 Å². The molecule has 33 heavy (non-hydrogen) atoms. The van der Waals surface area contributed by atoms with Gasteiger partial charge in [0.05, 0.1) is 30.4 Å². The van der Waals surface area contributed by atoms with E-state index in [2.05, 4.69) is 5.32 Å². The number of rotatable bonds is 9. The Hall–Kier alpha value is -3.39. The summed E-state index contributed by atoms with van der Waals surface area (Å²) in [6, 6.07) is 11.4. The van der Waals surface area contributed by atoms with E-state index in [1.165, 1.54) is 12.0 Å². The highest BCUT2D eigenvalue weighted by molar-refractivity contribution is 6.32. The van der Waals surface area contributed by atoms with Gasteiger partial charge >= 0.3 is 12.0 Å². The fourth-order valence-electron chi connectivity index (χ4n) is 3.41. The van der Waals surface area contributed by atoms with Gasteiger partial charge in [-0.1, -0.05) is 29.8 Å². The third kappa shape index (κ3) is 5.51. The molecule has 2 aromatic rings. The molecule has 1 N–H and O–H groups in total. The number of carbonyl (C=O) groups is 2. The molecule has 0 aliphatic carbocycles. The second-order valence-electron chi connectivity index (χ2n) is 7.20. The van der Waals surface area contributed by atoms with Gasteiger partial charge < -0.3 is 29.2 Å². The minimum Gasteiger partial charge on any atom is -0.493 e. The molecule has 3 rings (SSSR count). The lowest BCUT2D eigenvalue weighted by Gasteiger charge is -2.33. The van der Waals surface area contributed by atoms with Crippen LogP contribution in [-0.2, 0) is 9.53 Å². The number of halogens is 1. The van der Waals surface area contributed by atoms with Gasteiger partial charge in [-0.05, 0) is 43.7 Å². The molecule has 0 fully saturated rings. The quantitative estimate of drug-likeness (QED) is 0.430. The van der Waals surface area contributed by atoms with E-state index in [0.717, 1.165) is 0 Å². The number of nitrogens with zero attached hydrogens (tertiary/aromatic N) is 1. The summed E-state index contributed by atoms with van der Waals surface area (Å²) in [6.07, 6.45) is 0. The van der Waals surface area contributed by atoms with E-state index in [1.807, 2.05) is 12.1 Å². The van der Waals surface area contributed by atoms with Gasteiger partial charge in [-0.15, -0.1) is 0 Å². The molecule has 0 unspecified atom stereocenters. The molecule has 2 aromatic carbocycles. The van der Waals surface area contributed by atoms with Crippen molar-refractivity contribution in [1.82, 2.24) is 10.2 Å². The third-order valence-electron chi connectivity index (χ3n) is 5.21. The Morgan fingerprint density at radius 2 is 1.79 bits per heavy atom. The van der Waals surface area contributed by atoms with Crippen LogP contribution < -0.4 is 19.5 Å². The molecular weight excluding hydrogens is 448 g/mol. The van der Waals surface area contributed by atoms with E-state index in [0.29, 0.717) is 39.1 Å². The number of carbonyl (C=O) groups excluding carboxylic acids is 2. The van der Waals surface area contributed by atoms with Crippen LogP contribution in [0.4, 0.5) is 4.79 Å². The van der Waals surface area contributed by atoms with Crippen LogP contribution in [0.2, 0.25) is 5.02 Å². The molecule has 8 nitrogen and oxygen atoms in total. The number of hydrogen-bond donors (Lipinski definition) is 1. The van der Waals surface area contributed by atoms with Crippen LogP contribution in [0.1, 0.15) is 25.5 Å². The summed E-state index contributed by atoms with van der Waals surface area (Å²) < 4.78 is 22.2. The number of allylic oxidation sites excluding steroid dienone is 1. The van der Waals surface area contributed by atoms with Gasteiger partial charge in [0.15, 0.2) is 11.5 Å². The largest absolute Gasteiger partial charge is 0.493 e. The van der Waals surface area contributed by atoms with Crippen molar-refractivity contribution in [3.05, 3.63) is 64.3 Å². The number of hydrogen-bond acceptors (Lipinski definition) is 6. The van der Waals surface area contributed by atoms with Crippen LogP contribution in [0.5, 0.6) is 17.2 Å². The van der Waals surface area contributed by atoms with Crippen molar-refractivity contribution in [3.63, 3.8) is 0 Å². The fraction of sp³-hybridized carbons (Fsp3) is 0.333. The zero-order valence-electron chi connectivity index (χ0n) is 19.0. The maximum atomic E-state index is 12.6. The zero-order chi connectivity index (χ0) is 24.0. The van der Waals surface area contributed by atoms with E-state index >= 15 is 0 Å². The summed E-state index contributed by atoms with van der Waals surface area (Å²) in [5.74, 6) is 1.06. The second-order valence-corrected chi connectivity index (χ2v) is 7.61. The summed E-state index contributed by atoms with van der Waals surface area (Å²) in [5.41, 5.74) is 1.55. The number of methoxy groups -OCH3 is 1. The Kier molecular flexibility index (Phi) is 8.06. The first-order chi connectivity index (χ1) is 15.9. The normalized spacial score (nSPS) is 15.7. The lowest BCUT2D eigenvalue weighted by atomic mass is 9.94. The van der Waals surface area contributed by atoms with Crippen LogP contribution in [-0.4, -0.2) is 50.9 Å². The van der Waals surface area contributed by atoms with Gasteiger partial charge in [-0.2, -0.15) is 0 Å². The van der Waals surface area contributed by atoms with Crippen molar-refractivity contribution < 1.29 is 28.5 Å². The highest BCUT2D eigenvalue weighted by Crippen LogP contribution is 2.36. The molecule has 176 valence electrons. The van der Waals surface area contributed by atoms with E-state index in [4.69, 9.17) is 30.5 Å². The number of benzene rings is 2. The highest BCUT2D eigenvalue weighted by Gasteiger charge is 2.35. The van der Waals surface area contributed by atoms with Crippen LogP contribution >= 0.6 is 11.6 Å². The summed E-state index contributed by atoms with van der Waals surface area (Å²) >= 11 is 6.09. The SMILES string of the molecule is CCOC(=O)C1=C(C)N(C)C(=O)N[C@@H]1c1ccc(OCCOc2ccccc2Cl)c(OC)c1. The molecular formula is C24H27ClN2O6. The van der Waals surface area contributed by atoms with Gasteiger partial charge in [0, 0.05) is 12.7 Å². The Balaban J connectivity index is 1.77. The molecule has 0 bridgehead atoms. The van der Waals surface area contributed by atoms with Crippen molar-refractivity contribution in [2.45, 2.75) is 19.9 Å². The van der Waals surface area contributed by atoms with Crippen LogP contribution in [0, 0.1) is 0 Å². The molecule has 2 amide bonds. The molecule has 0 aromatic heterocycles. The maximum absolute atomic E-state index is 12.6. The lowest BCUT2D eigenvalue weighted by molar-refractivity contribution is -0.139. The Morgan fingerprint density at radius 1 is 1.09 bits per heavy atom. The zero-order valence-corrected chi connectivity index (χ0v) is 19.8. The average Bonchev–Trinajstić information content (AvgIpc) is 2.81. The number of amides is 2. The Bertz CT molecular complexity index is 1060. The second kappa shape index (κ2) is 11.0. The lowest BCUT2D eigenvalue weighted by Crippen LogP contribution is -2.46. The van der Waals surface area contributed by atoms with Crippen molar-refractivity contribution in [2.24, 2.45) is 0 Å². The van der Waals surface area contributed by atoms with Crippen LogP contribution in [0.15, 0.2) is 53.7 Å². The topological polar surface area (TPSA) is 86.3 Å². The summed E-state index contributed by atoms with van der Waals surface area (Å²) in [4.78, 5) is 26.4. The first-order valence-corrected chi connectivity index (χ1v) is 10.8. The maximum Gasteiger partial charge on any atom is 0.338 e. The van der Waals surface area contributed by atoms with Crippen molar-refractivity contribution in [2.75, 3.05) is 34.0 Å². The van der Waals surface area contributed by atoms with Gasteiger partial charge in [0.25, 0.3) is 0 Å². The van der Waals surface area contributed by atoms with E-state index < -0.39 is 12.0 Å². The molecule has 1 aliphatic rings. The predicted octanol–water partition coefficient (Wildman–Crippen LogP) is 4.34. The number of urea groups is 1. The predicted molar refractivity (Wildman–Crippen MR) is 124 cm³/mol. The first kappa shape index (κ1) is 24.3. The molecule has 1 aliphatic heterocycles. The highest BCUT2D eigenvalue weighted by atomic mass is 35.5. The number of ether oxygens (including phenoxy) is 4. The van der Waals surface area contributed by atoms with Crippen LogP contribution in [0.25, 0.3) is 0 Å². The first-order valence-electron chi connectivity index (χ1n) is 10.5. The standard InChI is InChI=1S/C24H27ClN2O6/c1-5-31-23(28)21-15(2)27(3)24(29)26-22(21)16-10-11-19(20(14-16)30-4)33-13-12-32-18-9-7-6-8-17(18)25/h6-11,14,22H,5,12-13H2,1-4H3,(H,26,29)/t22-/m1/s1.